The Hall–Kier alpha value is -1.83. The highest BCUT2D eigenvalue weighted by molar-refractivity contribution is 5.88. The van der Waals surface area contributed by atoms with Gasteiger partial charge in [0.15, 0.2) is 5.96 Å². The van der Waals surface area contributed by atoms with Crippen molar-refractivity contribution in [2.24, 2.45) is 16.5 Å². The van der Waals surface area contributed by atoms with Gasteiger partial charge in [0.1, 0.15) is 6.04 Å². The van der Waals surface area contributed by atoms with Crippen LogP contribution >= 0.6 is 0 Å². The van der Waals surface area contributed by atoms with Gasteiger partial charge in [-0.2, -0.15) is 0 Å². The van der Waals surface area contributed by atoms with E-state index in [9.17, 15) is 9.59 Å². The molecule has 0 aliphatic carbocycles. The van der Waals surface area contributed by atoms with Crippen molar-refractivity contribution in [1.82, 2.24) is 10.2 Å². The van der Waals surface area contributed by atoms with Gasteiger partial charge in [0, 0.05) is 19.6 Å². The fourth-order valence-corrected chi connectivity index (χ4v) is 2.17. The third-order valence-electron chi connectivity index (χ3n) is 3.28. The maximum Gasteiger partial charge on any atom is 0.328 e. The van der Waals surface area contributed by atoms with Gasteiger partial charge in [-0.15, -0.1) is 0 Å². The molecule has 0 aromatic carbocycles. The summed E-state index contributed by atoms with van der Waals surface area (Å²) in [5.41, 5.74) is 10.5. The van der Waals surface area contributed by atoms with E-state index in [1.54, 1.807) is 11.8 Å². The highest BCUT2D eigenvalue weighted by Gasteiger charge is 2.33. The minimum Gasteiger partial charge on any atom is -0.467 e. The zero-order valence-corrected chi connectivity index (χ0v) is 12.0. The van der Waals surface area contributed by atoms with E-state index in [1.165, 1.54) is 7.11 Å². The van der Waals surface area contributed by atoms with E-state index in [0.717, 1.165) is 0 Å². The van der Waals surface area contributed by atoms with Crippen molar-refractivity contribution in [2.45, 2.75) is 31.8 Å². The van der Waals surface area contributed by atoms with Crippen molar-refractivity contribution in [1.29, 1.82) is 0 Å². The Bertz CT molecular complexity index is 381. The van der Waals surface area contributed by atoms with Gasteiger partial charge >= 0.3 is 5.97 Å². The number of hydrogen-bond acceptors (Lipinski definition) is 5. The van der Waals surface area contributed by atoms with Crippen LogP contribution in [0, 0.1) is 0 Å². The molecule has 0 saturated carbocycles. The minimum absolute atomic E-state index is 0.0499. The number of nitrogens with zero attached hydrogens (tertiary/aromatic N) is 2. The normalized spacial score (nSPS) is 20.4. The third-order valence-corrected chi connectivity index (χ3v) is 3.28. The van der Waals surface area contributed by atoms with Crippen molar-refractivity contribution in [3.8, 4) is 0 Å². The van der Waals surface area contributed by atoms with Crippen LogP contribution in [-0.4, -0.2) is 61.6 Å². The van der Waals surface area contributed by atoms with Gasteiger partial charge in [-0.1, -0.05) is 0 Å². The standard InChI is InChI=1S/C12H23N5O3/c1-8(11(19)20-2)17-7-6-15-9(10(17)18)4-3-5-16-12(13)14/h8-9,15H,3-7H2,1-2H3,(H4,13,14,16). The molecule has 0 radical (unpaired) electrons. The second-order valence-corrected chi connectivity index (χ2v) is 4.69. The zero-order chi connectivity index (χ0) is 15.1. The molecule has 1 aliphatic rings. The molecular weight excluding hydrogens is 262 g/mol. The number of esters is 1. The van der Waals surface area contributed by atoms with Crippen LogP contribution in [0.4, 0.5) is 0 Å². The van der Waals surface area contributed by atoms with Gasteiger partial charge in [0.2, 0.25) is 5.91 Å². The van der Waals surface area contributed by atoms with Crippen LogP contribution in [0.2, 0.25) is 0 Å². The summed E-state index contributed by atoms with van der Waals surface area (Å²) < 4.78 is 4.67. The Morgan fingerprint density at radius 3 is 2.90 bits per heavy atom. The molecule has 8 nitrogen and oxygen atoms in total. The van der Waals surface area contributed by atoms with E-state index in [0.29, 0.717) is 32.5 Å². The highest BCUT2D eigenvalue weighted by Crippen LogP contribution is 2.11. The average Bonchev–Trinajstić information content (AvgIpc) is 2.43. The number of carbonyl (C=O) groups is 2. The zero-order valence-electron chi connectivity index (χ0n) is 12.0. The number of nitrogens with two attached hydrogens (primary N) is 2. The molecule has 0 aromatic heterocycles. The van der Waals surface area contributed by atoms with Crippen molar-refractivity contribution in [3.63, 3.8) is 0 Å². The topological polar surface area (TPSA) is 123 Å². The molecule has 8 heteroatoms. The summed E-state index contributed by atoms with van der Waals surface area (Å²) in [6.07, 6.45) is 1.32. The highest BCUT2D eigenvalue weighted by atomic mass is 16.5. The predicted octanol–water partition coefficient (Wildman–Crippen LogP) is -1.60. The van der Waals surface area contributed by atoms with Crippen LogP contribution in [0.5, 0.6) is 0 Å². The third kappa shape index (κ3) is 4.37. The van der Waals surface area contributed by atoms with Crippen molar-refractivity contribution in [2.75, 3.05) is 26.7 Å². The molecule has 0 bridgehead atoms. The van der Waals surface area contributed by atoms with Gasteiger partial charge in [0.25, 0.3) is 0 Å². The van der Waals surface area contributed by atoms with Gasteiger partial charge in [-0.25, -0.2) is 4.79 Å². The Labute approximate surface area is 118 Å². The Balaban J connectivity index is 2.51. The largest absolute Gasteiger partial charge is 0.467 e. The molecule has 1 fully saturated rings. The first-order valence-corrected chi connectivity index (χ1v) is 6.64. The second-order valence-electron chi connectivity index (χ2n) is 4.69. The van der Waals surface area contributed by atoms with E-state index in [2.05, 4.69) is 15.0 Å². The van der Waals surface area contributed by atoms with E-state index < -0.39 is 12.0 Å². The molecule has 2 atom stereocenters. The first kappa shape index (κ1) is 16.2. The average molecular weight is 285 g/mol. The molecule has 1 aliphatic heterocycles. The lowest BCUT2D eigenvalue weighted by Gasteiger charge is -2.35. The van der Waals surface area contributed by atoms with E-state index in [-0.39, 0.29) is 17.9 Å². The summed E-state index contributed by atoms with van der Waals surface area (Å²) in [6, 6.07) is -0.861. The summed E-state index contributed by atoms with van der Waals surface area (Å²) >= 11 is 0. The minimum atomic E-state index is -0.560. The number of piperazine rings is 1. The van der Waals surface area contributed by atoms with Crippen LogP contribution < -0.4 is 16.8 Å². The number of ether oxygens (including phenoxy) is 1. The van der Waals surface area contributed by atoms with Gasteiger partial charge in [-0.3, -0.25) is 9.79 Å². The molecular formula is C12H23N5O3. The first-order chi connectivity index (χ1) is 9.47. The number of carbonyl (C=O) groups excluding carboxylic acids is 2. The molecule has 2 unspecified atom stereocenters. The van der Waals surface area contributed by atoms with Crippen LogP contribution in [0.25, 0.3) is 0 Å². The lowest BCUT2D eigenvalue weighted by Crippen LogP contribution is -2.59. The fourth-order valence-electron chi connectivity index (χ4n) is 2.17. The smallest absolute Gasteiger partial charge is 0.328 e. The van der Waals surface area contributed by atoms with Crippen LogP contribution in [-0.2, 0) is 14.3 Å². The summed E-state index contributed by atoms with van der Waals surface area (Å²) in [5, 5.41) is 3.14. The number of rotatable bonds is 6. The maximum absolute atomic E-state index is 12.3. The number of methoxy groups -OCH3 is 1. The number of nitrogens with one attached hydrogen (secondary N) is 1. The molecule has 1 amide bonds. The maximum atomic E-state index is 12.3. The SMILES string of the molecule is COC(=O)C(C)N1CCNC(CCCN=C(N)N)C1=O. The summed E-state index contributed by atoms with van der Waals surface area (Å²) in [6.45, 7) is 3.31. The van der Waals surface area contributed by atoms with Gasteiger partial charge in [0.05, 0.1) is 13.2 Å². The molecule has 5 N–H and O–H groups in total. The van der Waals surface area contributed by atoms with Gasteiger partial charge < -0.3 is 26.4 Å². The number of aliphatic imine (C=N–C) groups is 1. The molecule has 0 aromatic rings. The molecule has 1 heterocycles. The van der Waals surface area contributed by atoms with E-state index in [1.807, 2.05) is 0 Å². The monoisotopic (exact) mass is 285 g/mol. The summed E-state index contributed by atoms with van der Waals surface area (Å²) in [5.74, 6) is -0.438. The molecule has 20 heavy (non-hydrogen) atoms. The van der Waals surface area contributed by atoms with Gasteiger partial charge in [-0.05, 0) is 19.8 Å². The number of guanidine groups is 1. The molecule has 1 saturated heterocycles. The summed E-state index contributed by atoms with van der Waals surface area (Å²) in [4.78, 5) is 29.2. The number of hydrogen-bond donors (Lipinski definition) is 3. The van der Waals surface area contributed by atoms with Crippen LogP contribution in [0.15, 0.2) is 4.99 Å². The molecule has 1 rings (SSSR count). The Morgan fingerprint density at radius 2 is 2.30 bits per heavy atom. The first-order valence-electron chi connectivity index (χ1n) is 6.64. The summed E-state index contributed by atoms with van der Waals surface area (Å²) in [7, 11) is 1.32. The predicted molar refractivity (Wildman–Crippen MR) is 74.9 cm³/mol. The van der Waals surface area contributed by atoms with Crippen LogP contribution in [0.1, 0.15) is 19.8 Å². The van der Waals surface area contributed by atoms with E-state index >= 15 is 0 Å². The lowest BCUT2D eigenvalue weighted by molar-refractivity contribution is -0.154. The van der Waals surface area contributed by atoms with Crippen molar-refractivity contribution >= 4 is 17.8 Å². The van der Waals surface area contributed by atoms with Crippen molar-refractivity contribution < 1.29 is 14.3 Å². The molecule has 114 valence electrons. The quantitative estimate of drug-likeness (QED) is 0.234. The van der Waals surface area contributed by atoms with E-state index in [4.69, 9.17) is 11.5 Å². The lowest BCUT2D eigenvalue weighted by atomic mass is 10.1. The fraction of sp³-hybridized carbons (Fsp3) is 0.750. The Morgan fingerprint density at radius 1 is 1.60 bits per heavy atom. The van der Waals surface area contributed by atoms with Crippen LogP contribution in [0.3, 0.4) is 0 Å². The second kappa shape index (κ2) is 7.68. The number of amides is 1. The van der Waals surface area contributed by atoms with Crippen molar-refractivity contribution in [3.05, 3.63) is 0 Å². The molecule has 0 spiro atoms. The Kier molecular flexibility index (Phi) is 6.23.